The van der Waals surface area contributed by atoms with Gasteiger partial charge in [0.15, 0.2) is 0 Å². The Bertz CT molecular complexity index is 497. The van der Waals surface area contributed by atoms with Crippen LogP contribution in [-0.2, 0) is 9.53 Å². The van der Waals surface area contributed by atoms with Gasteiger partial charge in [0, 0.05) is 11.6 Å². The van der Waals surface area contributed by atoms with Crippen molar-refractivity contribution in [3.63, 3.8) is 0 Å². The van der Waals surface area contributed by atoms with Crippen LogP contribution in [-0.4, -0.2) is 22.8 Å². The number of carboxylic acid groups (broad SMARTS) is 1. The molecule has 102 valence electrons. The van der Waals surface area contributed by atoms with Crippen LogP contribution < -0.4 is 4.74 Å². The first kappa shape index (κ1) is 14.8. The number of para-hydroxylation sites is 1. The first-order valence-electron chi connectivity index (χ1n) is 5.69. The van der Waals surface area contributed by atoms with Crippen molar-refractivity contribution < 1.29 is 24.2 Å². The van der Waals surface area contributed by atoms with Crippen molar-refractivity contribution in [2.45, 2.75) is 26.4 Å². The molecule has 0 aromatic heterocycles. The molecule has 0 aliphatic rings. The average Bonchev–Trinajstić information content (AvgIpc) is 2.25. The van der Waals surface area contributed by atoms with Crippen molar-refractivity contribution in [2.24, 2.45) is 0 Å². The molecule has 0 atom stereocenters. The number of ether oxygens (including phenoxy) is 2. The van der Waals surface area contributed by atoms with Gasteiger partial charge in [0.25, 0.3) is 0 Å². The van der Waals surface area contributed by atoms with Crippen molar-refractivity contribution in [2.75, 3.05) is 0 Å². The fourth-order valence-corrected chi connectivity index (χ4v) is 1.23. The molecule has 0 heterocycles. The second-order valence-electron chi connectivity index (χ2n) is 4.78. The summed E-state index contributed by atoms with van der Waals surface area (Å²) in [4.78, 5) is 22.0. The molecule has 0 spiro atoms. The van der Waals surface area contributed by atoms with E-state index in [2.05, 4.69) is 0 Å². The number of carbonyl (C=O) groups excluding carboxylic acids is 1. The zero-order valence-electron chi connectivity index (χ0n) is 11.0. The van der Waals surface area contributed by atoms with Gasteiger partial charge in [-0.15, -0.1) is 0 Å². The summed E-state index contributed by atoms with van der Waals surface area (Å²) in [5, 5.41) is 8.58. The van der Waals surface area contributed by atoms with Crippen LogP contribution in [0.1, 0.15) is 26.3 Å². The quantitative estimate of drug-likeness (QED) is 0.516. The van der Waals surface area contributed by atoms with Crippen LogP contribution in [0.5, 0.6) is 5.75 Å². The molecule has 1 aromatic rings. The van der Waals surface area contributed by atoms with Crippen LogP contribution >= 0.6 is 0 Å². The van der Waals surface area contributed by atoms with Gasteiger partial charge < -0.3 is 14.6 Å². The Kier molecular flexibility index (Phi) is 4.69. The Hall–Kier alpha value is -2.30. The standard InChI is InChI=1S/C14H16O5/c1-14(2,3)19-13(17)18-11-7-5-4-6-10(11)8-9-12(15)16/h4-9H,1-3H3,(H,15,16)/b9-8+. The van der Waals surface area contributed by atoms with Crippen molar-refractivity contribution in [1.82, 2.24) is 0 Å². The molecule has 1 rings (SSSR count). The van der Waals surface area contributed by atoms with Crippen molar-refractivity contribution >= 4 is 18.2 Å². The van der Waals surface area contributed by atoms with Gasteiger partial charge >= 0.3 is 12.1 Å². The maximum absolute atomic E-state index is 11.5. The van der Waals surface area contributed by atoms with Gasteiger partial charge in [-0.3, -0.25) is 0 Å². The van der Waals surface area contributed by atoms with Gasteiger partial charge in [0.2, 0.25) is 0 Å². The number of carboxylic acids is 1. The predicted octanol–water partition coefficient (Wildman–Crippen LogP) is 3.10. The molecule has 0 unspecified atom stereocenters. The summed E-state index contributed by atoms with van der Waals surface area (Å²) in [7, 11) is 0. The van der Waals surface area contributed by atoms with E-state index in [0.717, 1.165) is 6.08 Å². The van der Waals surface area contributed by atoms with Crippen LogP contribution in [0.25, 0.3) is 6.08 Å². The third kappa shape index (κ3) is 5.72. The Morgan fingerprint density at radius 1 is 1.21 bits per heavy atom. The van der Waals surface area contributed by atoms with Gasteiger partial charge in [0.1, 0.15) is 11.4 Å². The molecule has 1 aromatic carbocycles. The molecule has 1 N–H and O–H groups in total. The van der Waals surface area contributed by atoms with Gasteiger partial charge in [-0.05, 0) is 32.9 Å². The van der Waals surface area contributed by atoms with E-state index in [9.17, 15) is 9.59 Å². The van der Waals surface area contributed by atoms with Gasteiger partial charge in [-0.25, -0.2) is 9.59 Å². The number of rotatable bonds is 3. The maximum atomic E-state index is 11.5. The van der Waals surface area contributed by atoms with Crippen molar-refractivity contribution in [1.29, 1.82) is 0 Å². The second kappa shape index (κ2) is 6.04. The fraction of sp³-hybridized carbons (Fsp3) is 0.286. The lowest BCUT2D eigenvalue weighted by molar-refractivity contribution is -0.131. The summed E-state index contributed by atoms with van der Waals surface area (Å²) in [5.74, 6) is -0.832. The second-order valence-corrected chi connectivity index (χ2v) is 4.78. The molecule has 0 saturated carbocycles. The molecule has 0 bridgehead atoms. The molecule has 0 radical (unpaired) electrons. The van der Waals surface area contributed by atoms with E-state index < -0.39 is 17.7 Å². The first-order valence-corrected chi connectivity index (χ1v) is 5.69. The molecule has 19 heavy (non-hydrogen) atoms. The normalized spacial score (nSPS) is 11.3. The Morgan fingerprint density at radius 2 is 1.84 bits per heavy atom. The summed E-state index contributed by atoms with van der Waals surface area (Å²) in [5.41, 5.74) is -0.168. The molecule has 0 saturated heterocycles. The Balaban J connectivity index is 2.84. The summed E-state index contributed by atoms with van der Waals surface area (Å²) in [6.45, 7) is 5.18. The topological polar surface area (TPSA) is 72.8 Å². The fourth-order valence-electron chi connectivity index (χ4n) is 1.23. The molecule has 0 fully saturated rings. The molecular weight excluding hydrogens is 248 g/mol. The highest BCUT2D eigenvalue weighted by Crippen LogP contribution is 2.21. The van der Waals surface area contributed by atoms with Crippen molar-refractivity contribution in [3.8, 4) is 5.75 Å². The SMILES string of the molecule is CC(C)(C)OC(=O)Oc1ccccc1/C=C/C(=O)O. The molecule has 5 nitrogen and oxygen atoms in total. The number of benzene rings is 1. The van der Waals surface area contributed by atoms with Crippen LogP contribution in [0.4, 0.5) is 4.79 Å². The summed E-state index contributed by atoms with van der Waals surface area (Å²) in [6.07, 6.45) is 1.49. The minimum Gasteiger partial charge on any atom is -0.478 e. The van der Waals surface area contributed by atoms with Crippen LogP contribution in [0.3, 0.4) is 0 Å². The number of hydrogen-bond donors (Lipinski definition) is 1. The first-order chi connectivity index (χ1) is 8.78. The van der Waals surface area contributed by atoms with E-state index in [1.165, 1.54) is 6.08 Å². The summed E-state index contributed by atoms with van der Waals surface area (Å²) >= 11 is 0. The van der Waals surface area contributed by atoms with E-state index in [1.807, 2.05) is 0 Å². The van der Waals surface area contributed by atoms with E-state index in [0.29, 0.717) is 5.56 Å². The highest BCUT2D eigenvalue weighted by Gasteiger charge is 2.18. The van der Waals surface area contributed by atoms with Gasteiger partial charge in [-0.2, -0.15) is 0 Å². The highest BCUT2D eigenvalue weighted by atomic mass is 16.7. The van der Waals surface area contributed by atoms with E-state index in [4.69, 9.17) is 14.6 Å². The average molecular weight is 264 g/mol. The van der Waals surface area contributed by atoms with Crippen LogP contribution in [0.15, 0.2) is 30.3 Å². The molecule has 0 aliphatic carbocycles. The predicted molar refractivity (Wildman–Crippen MR) is 70.0 cm³/mol. The summed E-state index contributed by atoms with van der Waals surface area (Å²) in [6, 6.07) is 6.59. The minimum absolute atomic E-state index is 0.245. The van der Waals surface area contributed by atoms with E-state index >= 15 is 0 Å². The highest BCUT2D eigenvalue weighted by molar-refractivity contribution is 5.86. The summed E-state index contributed by atoms with van der Waals surface area (Å²) < 4.78 is 10.1. The Labute approximate surface area is 111 Å². The maximum Gasteiger partial charge on any atom is 0.514 e. The molecular formula is C14H16O5. The van der Waals surface area contributed by atoms with E-state index in [-0.39, 0.29) is 5.75 Å². The smallest absolute Gasteiger partial charge is 0.478 e. The molecule has 0 aliphatic heterocycles. The third-order valence-electron chi connectivity index (χ3n) is 1.91. The monoisotopic (exact) mass is 264 g/mol. The lowest BCUT2D eigenvalue weighted by atomic mass is 10.2. The lowest BCUT2D eigenvalue weighted by Gasteiger charge is -2.19. The number of carbonyl (C=O) groups is 2. The van der Waals surface area contributed by atoms with Crippen LogP contribution in [0, 0.1) is 0 Å². The zero-order valence-corrected chi connectivity index (χ0v) is 11.0. The van der Waals surface area contributed by atoms with E-state index in [1.54, 1.807) is 45.0 Å². The lowest BCUT2D eigenvalue weighted by Crippen LogP contribution is -2.26. The number of hydrogen-bond acceptors (Lipinski definition) is 4. The molecule has 5 heteroatoms. The largest absolute Gasteiger partial charge is 0.514 e. The molecule has 0 amide bonds. The van der Waals surface area contributed by atoms with Crippen molar-refractivity contribution in [3.05, 3.63) is 35.9 Å². The van der Waals surface area contributed by atoms with Gasteiger partial charge in [-0.1, -0.05) is 18.2 Å². The van der Waals surface area contributed by atoms with Crippen LogP contribution in [0.2, 0.25) is 0 Å². The number of aliphatic carboxylic acids is 1. The Morgan fingerprint density at radius 3 is 2.42 bits per heavy atom. The third-order valence-corrected chi connectivity index (χ3v) is 1.91. The van der Waals surface area contributed by atoms with Gasteiger partial charge in [0.05, 0.1) is 0 Å². The zero-order chi connectivity index (χ0) is 14.5. The minimum atomic E-state index is -1.08.